The Balaban J connectivity index is 2.38. The minimum atomic E-state index is -1.63. The van der Waals surface area contributed by atoms with Crippen molar-refractivity contribution in [3.05, 3.63) is 0 Å². The third-order valence-electron chi connectivity index (χ3n) is 11.1. The molecule has 1 aliphatic heterocycles. The lowest BCUT2D eigenvalue weighted by atomic mass is 10.0. The van der Waals surface area contributed by atoms with Crippen LogP contribution in [0.5, 0.6) is 0 Å². The van der Waals surface area contributed by atoms with Crippen LogP contribution in [-0.2, 0) is 52.7 Å². The van der Waals surface area contributed by atoms with Crippen molar-refractivity contribution in [2.75, 3.05) is 6.54 Å². The Morgan fingerprint density at radius 3 is 1.04 bits per heavy atom. The normalized spacial score (nSPS) is 16.3. The number of aliphatic hydroxyl groups excluding tert-OH is 1. The first-order chi connectivity index (χ1) is 31.8. The molecule has 0 aromatic carbocycles. The summed E-state index contributed by atoms with van der Waals surface area (Å²) in [5.74, 6) is -10.2. The average molecular weight is 977 g/mol. The lowest BCUT2D eigenvalue weighted by molar-refractivity contribution is -0.144. The maximum absolute atomic E-state index is 12.6. The van der Waals surface area contributed by atoms with E-state index >= 15 is 0 Å². The molecule has 1 aliphatic rings. The molecule has 3 unspecified atom stereocenters. The van der Waals surface area contributed by atoms with E-state index < -0.39 is 122 Å². The number of carbonyl (C=O) groups excluding carboxylic acids is 5. The van der Waals surface area contributed by atoms with Crippen LogP contribution in [0.25, 0.3) is 0 Å². The summed E-state index contributed by atoms with van der Waals surface area (Å²) in [5.41, 5.74) is 0. The van der Waals surface area contributed by atoms with Gasteiger partial charge in [-0.3, -0.25) is 33.9 Å². The van der Waals surface area contributed by atoms with Crippen molar-refractivity contribution in [1.82, 2.24) is 31.7 Å². The number of aliphatic carboxylic acids is 5. The third kappa shape index (κ3) is 30.1. The van der Waals surface area contributed by atoms with E-state index in [0.717, 1.165) is 64.2 Å². The average Bonchev–Trinajstić information content (AvgIpc) is 3.99. The minimum Gasteiger partial charge on any atom is -0.481 e. The van der Waals surface area contributed by atoms with Gasteiger partial charge in [0.15, 0.2) is 6.29 Å². The Hall–Kier alpha value is -4.99. The van der Waals surface area contributed by atoms with Gasteiger partial charge in [-0.05, 0) is 51.4 Å². The van der Waals surface area contributed by atoms with Gasteiger partial charge in [-0.25, -0.2) is 19.2 Å². The van der Waals surface area contributed by atoms with E-state index in [4.69, 9.17) is 9.84 Å². The molecule has 12 N–H and O–H groups in total. The van der Waals surface area contributed by atoms with E-state index in [-0.39, 0.29) is 44.2 Å². The summed E-state index contributed by atoms with van der Waals surface area (Å²) in [6.07, 6.45) is 9.29. The third-order valence-corrected chi connectivity index (χ3v) is 11.5. The molecule has 1 heterocycles. The maximum atomic E-state index is 12.6. The molecule has 0 aromatic heterocycles. The van der Waals surface area contributed by atoms with Crippen LogP contribution in [0.1, 0.15) is 161 Å². The highest BCUT2D eigenvalue weighted by atomic mass is 31.0. The number of hydrogen-bond acceptors (Lipinski definition) is 13. The molecule has 0 spiro atoms. The van der Waals surface area contributed by atoms with E-state index in [1.54, 1.807) is 0 Å². The number of unbranched alkanes of at least 4 members (excludes halogenated alkanes) is 12. The first kappa shape index (κ1) is 60.0. The Labute approximate surface area is 392 Å². The largest absolute Gasteiger partial charge is 0.481 e. The Morgan fingerprint density at radius 2 is 0.731 bits per heavy atom. The van der Waals surface area contributed by atoms with Crippen LogP contribution in [0.15, 0.2) is 0 Å². The molecule has 67 heavy (non-hydrogen) atoms. The van der Waals surface area contributed by atoms with Crippen LogP contribution in [0.4, 0.5) is 0 Å². The molecule has 24 heteroatoms. The topological polar surface area (TPSA) is 377 Å². The minimum absolute atomic E-state index is 0.0633. The summed E-state index contributed by atoms with van der Waals surface area (Å²) in [4.78, 5) is 120. The van der Waals surface area contributed by atoms with Gasteiger partial charge in [-0.15, -0.1) is 0 Å². The quantitative estimate of drug-likeness (QED) is 0.0235. The molecule has 5 amide bonds. The molecule has 1 fully saturated rings. The zero-order chi connectivity index (χ0) is 50.1. The fraction of sp³-hybridized carbons (Fsp3) is 0.767. The van der Waals surface area contributed by atoms with Crippen LogP contribution in [0.2, 0.25) is 0 Å². The van der Waals surface area contributed by atoms with E-state index in [1.807, 2.05) is 0 Å². The maximum Gasteiger partial charge on any atom is 0.326 e. The van der Waals surface area contributed by atoms with Crippen molar-refractivity contribution in [2.45, 2.75) is 203 Å². The summed E-state index contributed by atoms with van der Waals surface area (Å²) in [5, 5.41) is 71.0. The molecule has 0 radical (unpaired) electrons. The summed E-state index contributed by atoms with van der Waals surface area (Å²) >= 11 is 0. The van der Waals surface area contributed by atoms with Crippen molar-refractivity contribution in [3.8, 4) is 0 Å². The number of aliphatic hydroxyl groups is 1. The second-order valence-electron chi connectivity index (χ2n) is 16.7. The van der Waals surface area contributed by atoms with Gasteiger partial charge in [-0.2, -0.15) is 0 Å². The van der Waals surface area contributed by atoms with Crippen molar-refractivity contribution in [2.24, 2.45) is 0 Å². The van der Waals surface area contributed by atoms with Gasteiger partial charge < -0.3 is 62.0 Å². The zero-order valence-electron chi connectivity index (χ0n) is 38.2. The van der Waals surface area contributed by atoms with Gasteiger partial charge >= 0.3 is 29.8 Å². The molecular weight excluding hydrogens is 903 g/mol. The SMILES string of the molecule is O=C(O)CCCCCCCCCCCCCCC(=O)N[C@@H](CCC(=O)N[C@@H](CCC(=O)N[C@@H](CCC(=O)N[C@@H](CCC(=O)NCCCC[C@H](NP)C1OC1O)C(=O)O)C(=O)O)C(=O)O)C(=O)O. The van der Waals surface area contributed by atoms with Gasteiger partial charge in [0.1, 0.15) is 30.3 Å². The second-order valence-corrected chi connectivity index (χ2v) is 17.1. The zero-order valence-corrected chi connectivity index (χ0v) is 39.3. The highest BCUT2D eigenvalue weighted by Crippen LogP contribution is 2.26. The van der Waals surface area contributed by atoms with Crippen LogP contribution >= 0.6 is 9.39 Å². The Bertz CT molecular complexity index is 1610. The Morgan fingerprint density at radius 1 is 0.418 bits per heavy atom. The van der Waals surface area contributed by atoms with Crippen molar-refractivity contribution in [1.29, 1.82) is 0 Å². The van der Waals surface area contributed by atoms with E-state index in [1.165, 1.54) is 0 Å². The molecule has 0 saturated carbocycles. The molecule has 0 bridgehead atoms. The van der Waals surface area contributed by atoms with Gasteiger partial charge in [0.25, 0.3) is 0 Å². The molecule has 0 aromatic rings. The van der Waals surface area contributed by atoms with Crippen LogP contribution in [-0.4, -0.2) is 139 Å². The summed E-state index contributed by atoms with van der Waals surface area (Å²) in [7, 11) is 2.37. The summed E-state index contributed by atoms with van der Waals surface area (Å²) in [6.45, 7) is 0.318. The fourth-order valence-electron chi connectivity index (χ4n) is 7.08. The monoisotopic (exact) mass is 976 g/mol. The molecule has 0 aliphatic carbocycles. The predicted molar refractivity (Wildman–Crippen MR) is 242 cm³/mol. The molecule has 1 rings (SSSR count). The van der Waals surface area contributed by atoms with Crippen LogP contribution < -0.4 is 31.7 Å². The number of carbonyl (C=O) groups is 10. The smallest absolute Gasteiger partial charge is 0.326 e. The van der Waals surface area contributed by atoms with Gasteiger partial charge in [0, 0.05) is 51.1 Å². The highest BCUT2D eigenvalue weighted by molar-refractivity contribution is 7.13. The molecule has 382 valence electrons. The lowest BCUT2D eigenvalue weighted by Crippen LogP contribution is -2.45. The predicted octanol–water partition coefficient (Wildman–Crippen LogP) is 1.68. The second kappa shape index (κ2) is 35.2. The van der Waals surface area contributed by atoms with E-state index in [2.05, 4.69) is 41.1 Å². The summed E-state index contributed by atoms with van der Waals surface area (Å²) in [6, 6.07) is -6.18. The van der Waals surface area contributed by atoms with Crippen molar-refractivity contribution >= 4 is 68.8 Å². The number of carboxylic acid groups (broad SMARTS) is 5. The first-order valence-corrected chi connectivity index (χ1v) is 23.8. The Kier molecular flexibility index (Phi) is 31.5. The number of rotatable bonds is 42. The standard InChI is InChI=1S/C43H73N6O17P/c50-32(44-26-14-13-15-27(49-67)38-43(65)66-38)22-18-28(39(57)58)46-34(52)24-20-30(41(61)62)48-36(54)25-21-31(42(63)64)47-35(53)23-19-29(40(59)60)45-33(51)16-11-9-7-5-3-1-2-4-6-8-10-12-17-37(55)56/h27-31,38,43,49,65H,1-26,67H2,(H,44,50)(H,45,51)(H,46,52)(H,47,53)(H,48,54)(H,55,56)(H,57,58)(H,59,60)(H,61,62)(H,63,64)/t27-,28-,29-,30-,31-,38?,43?/m0/s1. The molecule has 23 nitrogen and oxygen atoms in total. The number of carboxylic acids is 5. The molecule has 8 atom stereocenters. The number of ether oxygens (including phenoxy) is 1. The number of nitrogens with one attached hydrogen (secondary N) is 6. The van der Waals surface area contributed by atoms with Crippen molar-refractivity contribution < 1.29 is 83.3 Å². The fourth-order valence-corrected chi connectivity index (χ4v) is 7.44. The van der Waals surface area contributed by atoms with Crippen LogP contribution in [0, 0.1) is 0 Å². The van der Waals surface area contributed by atoms with Gasteiger partial charge in [-0.1, -0.05) is 80.0 Å². The lowest BCUT2D eigenvalue weighted by Gasteiger charge is -2.18. The number of amides is 5. The molecular formula is C43H73N6O17P. The number of epoxide rings is 1. The number of hydrogen-bond donors (Lipinski definition) is 12. The van der Waals surface area contributed by atoms with Crippen molar-refractivity contribution in [3.63, 3.8) is 0 Å². The highest BCUT2D eigenvalue weighted by Gasteiger charge is 2.42. The van der Waals surface area contributed by atoms with E-state index in [0.29, 0.717) is 38.6 Å². The summed E-state index contributed by atoms with van der Waals surface area (Å²) < 4.78 is 5.03. The van der Waals surface area contributed by atoms with E-state index in [9.17, 15) is 73.5 Å². The van der Waals surface area contributed by atoms with Gasteiger partial charge in [0.2, 0.25) is 29.5 Å². The molecule has 1 saturated heterocycles. The van der Waals surface area contributed by atoms with Crippen LogP contribution in [0.3, 0.4) is 0 Å². The first-order valence-electron chi connectivity index (χ1n) is 23.2. The van der Waals surface area contributed by atoms with Gasteiger partial charge in [0.05, 0.1) is 0 Å².